The van der Waals surface area contributed by atoms with Gasteiger partial charge in [0.05, 0.1) is 0 Å². The molecule has 4 nitrogen and oxygen atoms in total. The smallest absolute Gasteiger partial charge is 0.137 e. The van der Waals surface area contributed by atoms with E-state index in [0.717, 1.165) is 25.3 Å². The van der Waals surface area contributed by atoms with E-state index in [1.807, 2.05) is 6.92 Å². The van der Waals surface area contributed by atoms with Crippen LogP contribution in [-0.4, -0.2) is 27.9 Å². The van der Waals surface area contributed by atoms with Crippen LogP contribution in [0.2, 0.25) is 0 Å². The molecule has 1 aliphatic heterocycles. The maximum absolute atomic E-state index is 4.34. The summed E-state index contributed by atoms with van der Waals surface area (Å²) >= 11 is 0. The summed E-state index contributed by atoms with van der Waals surface area (Å²) in [4.78, 5) is 0. The van der Waals surface area contributed by atoms with Crippen LogP contribution in [-0.2, 0) is 0 Å². The molecule has 2 unspecified atom stereocenters. The number of nitrogens with zero attached hydrogens (tertiary/aromatic N) is 3. The lowest BCUT2D eigenvalue weighted by molar-refractivity contribution is 0.480. The van der Waals surface area contributed by atoms with Gasteiger partial charge in [0.25, 0.3) is 0 Å². The second-order valence-corrected chi connectivity index (χ2v) is 4.42. The van der Waals surface area contributed by atoms with Crippen LogP contribution in [0, 0.1) is 6.92 Å². The highest BCUT2D eigenvalue weighted by Gasteiger charge is 2.24. The van der Waals surface area contributed by atoms with Crippen molar-refractivity contribution >= 4 is 0 Å². The maximum Gasteiger partial charge on any atom is 0.137 e. The third-order valence-corrected chi connectivity index (χ3v) is 3.35. The largest absolute Gasteiger partial charge is 0.316 e. The third-order valence-electron chi connectivity index (χ3n) is 3.35. The summed E-state index contributed by atoms with van der Waals surface area (Å²) in [6.07, 6.45) is 2.32. The van der Waals surface area contributed by atoms with Gasteiger partial charge in [0.2, 0.25) is 0 Å². The third kappa shape index (κ3) is 1.91. The van der Waals surface area contributed by atoms with Crippen molar-refractivity contribution in [2.45, 2.75) is 45.6 Å². The fourth-order valence-electron chi connectivity index (χ4n) is 2.27. The quantitative estimate of drug-likeness (QED) is 0.821. The Morgan fingerprint density at radius 3 is 2.93 bits per heavy atom. The summed E-state index contributed by atoms with van der Waals surface area (Å²) in [5.41, 5.74) is 0. The summed E-state index contributed by atoms with van der Waals surface area (Å²) in [7, 11) is 0. The van der Waals surface area contributed by atoms with Crippen LogP contribution < -0.4 is 5.32 Å². The molecule has 0 radical (unpaired) electrons. The predicted molar refractivity (Wildman–Crippen MR) is 60.0 cm³/mol. The minimum Gasteiger partial charge on any atom is -0.316 e. The molecule has 84 valence electrons. The molecular formula is C11H20N4. The molecule has 0 aliphatic carbocycles. The number of aryl methyl sites for hydroxylation is 1. The minimum atomic E-state index is 0.510. The first-order chi connectivity index (χ1) is 7.24. The zero-order valence-electron chi connectivity index (χ0n) is 9.82. The molecule has 0 saturated carbocycles. The van der Waals surface area contributed by atoms with Gasteiger partial charge in [0.15, 0.2) is 0 Å². The lowest BCUT2D eigenvalue weighted by atomic mass is 10.1. The van der Waals surface area contributed by atoms with Crippen LogP contribution in [0.15, 0.2) is 0 Å². The lowest BCUT2D eigenvalue weighted by Gasteiger charge is -2.17. The molecule has 15 heavy (non-hydrogen) atoms. The molecule has 0 amide bonds. The molecule has 1 aliphatic rings. The second-order valence-electron chi connectivity index (χ2n) is 4.42. The normalized spacial score (nSPS) is 23.3. The molecular weight excluding hydrogens is 188 g/mol. The van der Waals surface area contributed by atoms with E-state index in [2.05, 4.69) is 33.9 Å². The summed E-state index contributed by atoms with van der Waals surface area (Å²) in [6.45, 7) is 8.65. The van der Waals surface area contributed by atoms with Gasteiger partial charge in [-0.25, -0.2) is 0 Å². The number of hydrogen-bond donors (Lipinski definition) is 1. The van der Waals surface area contributed by atoms with Crippen LogP contribution in [0.5, 0.6) is 0 Å². The van der Waals surface area contributed by atoms with E-state index in [1.165, 1.54) is 12.2 Å². The Balaban J connectivity index is 2.30. The maximum atomic E-state index is 4.34. The van der Waals surface area contributed by atoms with E-state index in [4.69, 9.17) is 0 Å². The van der Waals surface area contributed by atoms with Crippen LogP contribution in [0.4, 0.5) is 0 Å². The molecule has 1 fully saturated rings. The monoisotopic (exact) mass is 208 g/mol. The standard InChI is InChI=1S/C11H20N4/c1-4-8(2)15-9(3)13-14-11(15)10-5-6-12-7-10/h8,10,12H,4-7H2,1-3H3. The molecule has 2 rings (SSSR count). The molecule has 1 aromatic rings. The van der Waals surface area contributed by atoms with Gasteiger partial charge in [-0.2, -0.15) is 0 Å². The van der Waals surface area contributed by atoms with Crippen LogP contribution in [0.1, 0.15) is 50.3 Å². The predicted octanol–water partition coefficient (Wildman–Crippen LogP) is 1.63. The Hall–Kier alpha value is -0.900. The number of hydrogen-bond acceptors (Lipinski definition) is 3. The Labute approximate surface area is 91.1 Å². The van der Waals surface area contributed by atoms with E-state index in [-0.39, 0.29) is 0 Å². The van der Waals surface area contributed by atoms with Crippen molar-refractivity contribution in [2.75, 3.05) is 13.1 Å². The van der Waals surface area contributed by atoms with E-state index < -0.39 is 0 Å². The van der Waals surface area contributed by atoms with Crippen molar-refractivity contribution < 1.29 is 0 Å². The van der Waals surface area contributed by atoms with Crippen molar-refractivity contribution in [3.8, 4) is 0 Å². The molecule has 0 spiro atoms. The fraction of sp³-hybridized carbons (Fsp3) is 0.818. The van der Waals surface area contributed by atoms with Crippen LogP contribution in [0.3, 0.4) is 0 Å². The highest BCUT2D eigenvalue weighted by molar-refractivity contribution is 5.05. The molecule has 1 saturated heterocycles. The van der Waals surface area contributed by atoms with Crippen molar-refractivity contribution in [2.24, 2.45) is 0 Å². The second kappa shape index (κ2) is 4.31. The average molecular weight is 208 g/mol. The van der Waals surface area contributed by atoms with E-state index in [9.17, 15) is 0 Å². The van der Waals surface area contributed by atoms with Gasteiger partial charge >= 0.3 is 0 Å². The van der Waals surface area contributed by atoms with Crippen molar-refractivity contribution in [3.63, 3.8) is 0 Å². The minimum absolute atomic E-state index is 0.510. The summed E-state index contributed by atoms with van der Waals surface area (Å²) in [6, 6.07) is 0.510. The molecule has 4 heteroatoms. The van der Waals surface area contributed by atoms with E-state index in [0.29, 0.717) is 12.0 Å². The Bertz CT molecular complexity index is 325. The van der Waals surface area contributed by atoms with Crippen molar-refractivity contribution in [1.82, 2.24) is 20.1 Å². The molecule has 0 aromatic carbocycles. The zero-order chi connectivity index (χ0) is 10.8. The SMILES string of the molecule is CCC(C)n1c(C)nnc1C1CCNC1. The van der Waals surface area contributed by atoms with Crippen LogP contribution in [0.25, 0.3) is 0 Å². The van der Waals surface area contributed by atoms with Crippen molar-refractivity contribution in [3.05, 3.63) is 11.6 Å². The Kier molecular flexibility index (Phi) is 3.05. The lowest BCUT2D eigenvalue weighted by Crippen LogP contribution is -2.16. The molecule has 2 atom stereocenters. The topological polar surface area (TPSA) is 42.7 Å². The molecule has 1 aromatic heterocycles. The first kappa shape index (κ1) is 10.6. The zero-order valence-corrected chi connectivity index (χ0v) is 9.82. The first-order valence-electron chi connectivity index (χ1n) is 5.86. The highest BCUT2D eigenvalue weighted by Crippen LogP contribution is 2.25. The van der Waals surface area contributed by atoms with Gasteiger partial charge in [0.1, 0.15) is 11.6 Å². The van der Waals surface area contributed by atoms with Gasteiger partial charge in [-0.3, -0.25) is 0 Å². The van der Waals surface area contributed by atoms with Gasteiger partial charge in [-0.05, 0) is 33.2 Å². The van der Waals surface area contributed by atoms with Gasteiger partial charge in [0, 0.05) is 18.5 Å². The summed E-state index contributed by atoms with van der Waals surface area (Å²) < 4.78 is 2.30. The number of aromatic nitrogens is 3. The molecule has 1 N–H and O–H groups in total. The summed E-state index contributed by atoms with van der Waals surface area (Å²) in [5.74, 6) is 2.78. The fourth-order valence-corrected chi connectivity index (χ4v) is 2.27. The Morgan fingerprint density at radius 2 is 2.33 bits per heavy atom. The van der Waals surface area contributed by atoms with Gasteiger partial charge in [-0.15, -0.1) is 10.2 Å². The molecule has 0 bridgehead atoms. The Morgan fingerprint density at radius 1 is 1.53 bits per heavy atom. The number of rotatable bonds is 3. The van der Waals surface area contributed by atoms with Gasteiger partial charge in [-0.1, -0.05) is 6.92 Å². The van der Waals surface area contributed by atoms with Crippen LogP contribution >= 0.6 is 0 Å². The highest BCUT2D eigenvalue weighted by atomic mass is 15.3. The number of nitrogens with one attached hydrogen (secondary N) is 1. The summed E-state index contributed by atoms with van der Waals surface area (Å²) in [5, 5.41) is 11.9. The van der Waals surface area contributed by atoms with Crippen molar-refractivity contribution in [1.29, 1.82) is 0 Å². The average Bonchev–Trinajstić information content (AvgIpc) is 2.85. The first-order valence-corrected chi connectivity index (χ1v) is 5.86. The van der Waals surface area contributed by atoms with Gasteiger partial charge < -0.3 is 9.88 Å². The van der Waals surface area contributed by atoms with E-state index >= 15 is 0 Å². The van der Waals surface area contributed by atoms with E-state index in [1.54, 1.807) is 0 Å². The molecule has 2 heterocycles.